The van der Waals surface area contributed by atoms with Gasteiger partial charge in [0.15, 0.2) is 0 Å². The molecule has 2 nitrogen and oxygen atoms in total. The molecule has 1 N–H and O–H groups in total. The molecule has 0 radical (unpaired) electrons. The highest BCUT2D eigenvalue weighted by atomic mass is 15.2. The molecular weight excluding hydrogens is 184 g/mol. The van der Waals surface area contributed by atoms with E-state index in [1.54, 1.807) is 0 Å². The van der Waals surface area contributed by atoms with Crippen molar-refractivity contribution in [1.82, 2.24) is 10.2 Å². The van der Waals surface area contributed by atoms with Crippen LogP contribution in [0.1, 0.15) is 47.5 Å². The molecule has 0 aliphatic heterocycles. The average Bonchev–Trinajstić information content (AvgIpc) is 2.94. The minimum Gasteiger partial charge on any atom is -0.313 e. The second-order valence-corrected chi connectivity index (χ2v) is 5.44. The smallest absolute Gasteiger partial charge is 0.0246 e. The second kappa shape index (κ2) is 5.86. The molecule has 1 fully saturated rings. The van der Waals surface area contributed by atoms with Crippen molar-refractivity contribution in [2.45, 2.75) is 65.6 Å². The van der Waals surface area contributed by atoms with Gasteiger partial charge in [0.2, 0.25) is 0 Å². The van der Waals surface area contributed by atoms with Crippen molar-refractivity contribution < 1.29 is 0 Å². The normalized spacial score (nSPS) is 19.2. The highest BCUT2D eigenvalue weighted by Crippen LogP contribution is 2.30. The Morgan fingerprint density at radius 1 is 1.20 bits per heavy atom. The molecule has 1 unspecified atom stereocenters. The molecule has 15 heavy (non-hydrogen) atoms. The number of likely N-dealkylation sites (N-methyl/N-ethyl adjacent to an activating group) is 1. The third-order valence-electron chi connectivity index (χ3n) is 3.31. The molecule has 1 atom stereocenters. The average molecular weight is 212 g/mol. The molecule has 0 aromatic heterocycles. The highest BCUT2D eigenvalue weighted by Gasteiger charge is 2.33. The summed E-state index contributed by atoms with van der Waals surface area (Å²) in [6.07, 6.45) is 2.83. The van der Waals surface area contributed by atoms with Gasteiger partial charge in [-0.2, -0.15) is 0 Å². The second-order valence-electron chi connectivity index (χ2n) is 5.44. The van der Waals surface area contributed by atoms with Gasteiger partial charge in [-0.1, -0.05) is 34.6 Å². The first-order chi connectivity index (χ1) is 7.06. The maximum absolute atomic E-state index is 3.58. The predicted octanol–water partition coefficient (Wildman–Crippen LogP) is 2.49. The van der Waals surface area contributed by atoms with Crippen LogP contribution in [0, 0.1) is 5.92 Å². The van der Waals surface area contributed by atoms with Gasteiger partial charge in [0.1, 0.15) is 0 Å². The van der Waals surface area contributed by atoms with Crippen molar-refractivity contribution >= 4 is 0 Å². The van der Waals surface area contributed by atoms with Gasteiger partial charge in [0, 0.05) is 24.7 Å². The lowest BCUT2D eigenvalue weighted by Crippen LogP contribution is -2.47. The first-order valence-corrected chi connectivity index (χ1v) is 6.55. The van der Waals surface area contributed by atoms with E-state index in [2.05, 4.69) is 44.8 Å². The fourth-order valence-corrected chi connectivity index (χ4v) is 2.26. The predicted molar refractivity (Wildman–Crippen MR) is 67.2 cm³/mol. The Hall–Kier alpha value is -0.0800. The quantitative estimate of drug-likeness (QED) is 0.697. The first-order valence-electron chi connectivity index (χ1n) is 6.55. The Labute approximate surface area is 95.4 Å². The van der Waals surface area contributed by atoms with Gasteiger partial charge in [-0.25, -0.2) is 0 Å². The molecule has 0 aromatic rings. The van der Waals surface area contributed by atoms with Crippen LogP contribution in [0.4, 0.5) is 0 Å². The third-order valence-corrected chi connectivity index (χ3v) is 3.31. The van der Waals surface area contributed by atoms with Crippen LogP contribution in [0.15, 0.2) is 0 Å². The summed E-state index contributed by atoms with van der Waals surface area (Å²) in [5.74, 6) is 0.747. The molecule has 2 heteroatoms. The third kappa shape index (κ3) is 4.12. The van der Waals surface area contributed by atoms with Crippen LogP contribution in [0.2, 0.25) is 0 Å². The van der Waals surface area contributed by atoms with Crippen molar-refractivity contribution in [3.8, 4) is 0 Å². The van der Waals surface area contributed by atoms with Crippen LogP contribution in [-0.4, -0.2) is 36.1 Å². The Balaban J connectivity index is 2.46. The topological polar surface area (TPSA) is 15.3 Å². The van der Waals surface area contributed by atoms with Gasteiger partial charge in [-0.15, -0.1) is 0 Å². The van der Waals surface area contributed by atoms with E-state index in [1.807, 2.05) is 0 Å². The van der Waals surface area contributed by atoms with Crippen LogP contribution in [0.25, 0.3) is 0 Å². The number of hydrogen-bond donors (Lipinski definition) is 1. The van der Waals surface area contributed by atoms with Gasteiger partial charge in [0.05, 0.1) is 0 Å². The van der Waals surface area contributed by atoms with E-state index < -0.39 is 0 Å². The first kappa shape index (κ1) is 13.0. The molecular formula is C13H28N2. The van der Waals surface area contributed by atoms with Crippen molar-refractivity contribution in [3.05, 3.63) is 0 Å². The summed E-state index contributed by atoms with van der Waals surface area (Å²) < 4.78 is 0. The van der Waals surface area contributed by atoms with Gasteiger partial charge in [0.25, 0.3) is 0 Å². The van der Waals surface area contributed by atoms with Crippen LogP contribution in [-0.2, 0) is 0 Å². The zero-order chi connectivity index (χ0) is 11.4. The standard InChI is InChI=1S/C13H28N2/c1-6-15(12-7-8-12)13(10(2)3)9-14-11(4)5/h10-14H,6-9H2,1-5H3. The maximum atomic E-state index is 3.58. The van der Waals surface area contributed by atoms with E-state index in [0.717, 1.165) is 18.5 Å². The summed E-state index contributed by atoms with van der Waals surface area (Å²) >= 11 is 0. The monoisotopic (exact) mass is 212 g/mol. The Morgan fingerprint density at radius 3 is 2.13 bits per heavy atom. The van der Waals surface area contributed by atoms with E-state index in [0.29, 0.717) is 12.1 Å². The molecule has 0 spiro atoms. The molecule has 0 heterocycles. The molecule has 1 saturated carbocycles. The van der Waals surface area contributed by atoms with Crippen molar-refractivity contribution in [1.29, 1.82) is 0 Å². The molecule has 0 saturated heterocycles. The van der Waals surface area contributed by atoms with Gasteiger partial charge < -0.3 is 5.32 Å². The highest BCUT2D eigenvalue weighted by molar-refractivity contribution is 4.90. The van der Waals surface area contributed by atoms with Crippen molar-refractivity contribution in [2.24, 2.45) is 5.92 Å². The fraction of sp³-hybridized carbons (Fsp3) is 1.00. The minimum atomic E-state index is 0.601. The van der Waals surface area contributed by atoms with E-state index >= 15 is 0 Å². The van der Waals surface area contributed by atoms with Crippen LogP contribution >= 0.6 is 0 Å². The zero-order valence-corrected chi connectivity index (χ0v) is 11.1. The summed E-state index contributed by atoms with van der Waals surface area (Å²) in [6.45, 7) is 13.8. The molecule has 1 aliphatic carbocycles. The summed E-state index contributed by atoms with van der Waals surface area (Å²) in [4.78, 5) is 2.69. The summed E-state index contributed by atoms with van der Waals surface area (Å²) in [6, 6.07) is 2.20. The summed E-state index contributed by atoms with van der Waals surface area (Å²) in [7, 11) is 0. The Kier molecular flexibility index (Phi) is 5.07. The number of nitrogens with one attached hydrogen (secondary N) is 1. The SMILES string of the molecule is CCN(C1CC1)C(CNC(C)C)C(C)C. The lowest BCUT2D eigenvalue weighted by Gasteiger charge is -2.34. The van der Waals surface area contributed by atoms with Crippen LogP contribution in [0.3, 0.4) is 0 Å². The number of hydrogen-bond acceptors (Lipinski definition) is 2. The molecule has 1 aliphatic rings. The summed E-state index contributed by atoms with van der Waals surface area (Å²) in [5, 5.41) is 3.58. The van der Waals surface area contributed by atoms with Gasteiger partial charge >= 0.3 is 0 Å². The van der Waals surface area contributed by atoms with E-state index in [4.69, 9.17) is 0 Å². The molecule has 0 aromatic carbocycles. The Bertz CT molecular complexity index is 173. The lowest BCUT2D eigenvalue weighted by molar-refractivity contribution is 0.148. The zero-order valence-electron chi connectivity index (χ0n) is 11.1. The number of rotatable bonds is 7. The van der Waals surface area contributed by atoms with Gasteiger partial charge in [-0.05, 0) is 25.3 Å². The van der Waals surface area contributed by atoms with Crippen LogP contribution < -0.4 is 5.32 Å². The molecule has 90 valence electrons. The van der Waals surface area contributed by atoms with Crippen molar-refractivity contribution in [3.63, 3.8) is 0 Å². The van der Waals surface area contributed by atoms with E-state index in [1.165, 1.54) is 19.4 Å². The molecule has 0 amide bonds. The van der Waals surface area contributed by atoms with E-state index in [-0.39, 0.29) is 0 Å². The Morgan fingerprint density at radius 2 is 1.80 bits per heavy atom. The summed E-state index contributed by atoms with van der Waals surface area (Å²) in [5.41, 5.74) is 0. The van der Waals surface area contributed by atoms with Crippen LogP contribution in [0.5, 0.6) is 0 Å². The fourth-order valence-electron chi connectivity index (χ4n) is 2.26. The van der Waals surface area contributed by atoms with Gasteiger partial charge in [-0.3, -0.25) is 4.90 Å². The molecule has 0 bridgehead atoms. The van der Waals surface area contributed by atoms with Crippen molar-refractivity contribution in [2.75, 3.05) is 13.1 Å². The van der Waals surface area contributed by atoms with E-state index in [9.17, 15) is 0 Å². The minimum absolute atomic E-state index is 0.601. The largest absolute Gasteiger partial charge is 0.313 e. The lowest BCUT2D eigenvalue weighted by atomic mass is 10.0. The maximum Gasteiger partial charge on any atom is 0.0246 e. The number of nitrogens with zero attached hydrogens (tertiary/aromatic N) is 1. The molecule has 1 rings (SSSR count).